The molecule has 6 heteroatoms. The van der Waals surface area contributed by atoms with Crippen molar-refractivity contribution < 1.29 is 8.42 Å². The molecule has 0 radical (unpaired) electrons. The molecule has 0 fully saturated rings. The van der Waals surface area contributed by atoms with Crippen molar-refractivity contribution in [1.82, 2.24) is 4.72 Å². The van der Waals surface area contributed by atoms with E-state index in [4.69, 9.17) is 5.73 Å². The molecular formula is C11H19N3O2S. The zero-order chi connectivity index (χ0) is 12.9. The average Bonchev–Trinajstić information content (AvgIpc) is 2.18. The predicted octanol–water partition coefficient (Wildman–Crippen LogP) is 0.842. The molecule has 0 aromatic heterocycles. The van der Waals surface area contributed by atoms with Gasteiger partial charge in [-0.1, -0.05) is 12.1 Å². The number of anilines is 1. The Morgan fingerprint density at radius 2 is 1.82 bits per heavy atom. The molecule has 0 unspecified atom stereocenters. The van der Waals surface area contributed by atoms with E-state index in [9.17, 15) is 8.42 Å². The molecule has 96 valence electrons. The van der Waals surface area contributed by atoms with Gasteiger partial charge in [0.05, 0.1) is 0 Å². The molecule has 0 spiro atoms. The largest absolute Gasteiger partial charge is 0.330 e. The number of rotatable bonds is 6. The van der Waals surface area contributed by atoms with E-state index in [2.05, 4.69) is 9.44 Å². The number of hydrogen-bond acceptors (Lipinski definition) is 3. The fraction of sp³-hybridized carbons (Fsp3) is 0.455. The van der Waals surface area contributed by atoms with Crippen molar-refractivity contribution in [2.75, 3.05) is 11.3 Å². The highest BCUT2D eigenvalue weighted by Gasteiger charge is 2.10. The van der Waals surface area contributed by atoms with Gasteiger partial charge in [0.15, 0.2) is 0 Å². The van der Waals surface area contributed by atoms with Crippen LogP contribution in [0.3, 0.4) is 0 Å². The van der Waals surface area contributed by atoms with Crippen molar-refractivity contribution in [2.45, 2.75) is 26.3 Å². The lowest BCUT2D eigenvalue weighted by atomic mass is 10.1. The summed E-state index contributed by atoms with van der Waals surface area (Å²) in [7, 11) is -3.48. The van der Waals surface area contributed by atoms with Crippen LogP contribution in [0.25, 0.3) is 0 Å². The van der Waals surface area contributed by atoms with E-state index in [-0.39, 0.29) is 6.04 Å². The first kappa shape index (κ1) is 14.0. The molecule has 0 saturated heterocycles. The molecule has 0 heterocycles. The summed E-state index contributed by atoms with van der Waals surface area (Å²) >= 11 is 0. The summed E-state index contributed by atoms with van der Waals surface area (Å²) in [5.74, 6) is 0. The number of hydrogen-bond donors (Lipinski definition) is 3. The van der Waals surface area contributed by atoms with Crippen LogP contribution >= 0.6 is 0 Å². The zero-order valence-electron chi connectivity index (χ0n) is 10.1. The highest BCUT2D eigenvalue weighted by molar-refractivity contribution is 7.90. The van der Waals surface area contributed by atoms with Crippen molar-refractivity contribution in [1.29, 1.82) is 0 Å². The molecule has 1 aromatic carbocycles. The van der Waals surface area contributed by atoms with Gasteiger partial charge in [-0.25, -0.2) is 0 Å². The van der Waals surface area contributed by atoms with Crippen LogP contribution in [0.4, 0.5) is 5.69 Å². The van der Waals surface area contributed by atoms with Gasteiger partial charge in [0, 0.05) is 11.7 Å². The topological polar surface area (TPSA) is 84.2 Å². The van der Waals surface area contributed by atoms with Crippen LogP contribution in [-0.4, -0.2) is 21.0 Å². The Balaban J connectivity index is 2.69. The second-order valence-electron chi connectivity index (χ2n) is 4.11. The first-order chi connectivity index (χ1) is 7.93. The number of benzene rings is 1. The minimum Gasteiger partial charge on any atom is -0.330 e. The maximum atomic E-state index is 11.6. The van der Waals surface area contributed by atoms with Gasteiger partial charge in [0.1, 0.15) is 0 Å². The highest BCUT2D eigenvalue weighted by Crippen LogP contribution is 2.11. The van der Waals surface area contributed by atoms with Crippen LogP contribution in [0.2, 0.25) is 0 Å². The van der Waals surface area contributed by atoms with Crippen LogP contribution < -0.4 is 15.2 Å². The zero-order valence-corrected chi connectivity index (χ0v) is 10.9. The van der Waals surface area contributed by atoms with Crippen LogP contribution in [-0.2, 0) is 16.6 Å². The standard InChI is InChI=1S/C11H19N3O2S/c1-9(2)13-17(15,16)14-11-5-3-10(4-6-11)7-8-12/h3-6,9,13-14H,7-8,12H2,1-2H3. The van der Waals surface area contributed by atoms with Gasteiger partial charge in [-0.3, -0.25) is 4.72 Å². The van der Waals surface area contributed by atoms with Gasteiger partial charge in [-0.15, -0.1) is 0 Å². The minimum absolute atomic E-state index is 0.135. The molecule has 5 nitrogen and oxygen atoms in total. The fourth-order valence-electron chi connectivity index (χ4n) is 1.40. The monoisotopic (exact) mass is 257 g/mol. The molecule has 0 atom stereocenters. The minimum atomic E-state index is -3.48. The molecule has 1 rings (SSSR count). The first-order valence-corrected chi connectivity index (χ1v) is 7.00. The molecule has 0 aliphatic rings. The van der Waals surface area contributed by atoms with Crippen LogP contribution in [0.1, 0.15) is 19.4 Å². The molecule has 0 aliphatic carbocycles. The van der Waals surface area contributed by atoms with E-state index in [1.807, 2.05) is 12.1 Å². The Kier molecular flexibility index (Phi) is 4.92. The van der Waals surface area contributed by atoms with Crippen molar-refractivity contribution in [3.05, 3.63) is 29.8 Å². The van der Waals surface area contributed by atoms with Crippen molar-refractivity contribution in [3.8, 4) is 0 Å². The Morgan fingerprint density at radius 1 is 1.24 bits per heavy atom. The smallest absolute Gasteiger partial charge is 0.299 e. The van der Waals surface area contributed by atoms with E-state index in [0.717, 1.165) is 12.0 Å². The summed E-state index contributed by atoms with van der Waals surface area (Å²) in [4.78, 5) is 0. The Morgan fingerprint density at radius 3 is 2.29 bits per heavy atom. The lowest BCUT2D eigenvalue weighted by molar-refractivity contribution is 0.575. The van der Waals surface area contributed by atoms with Gasteiger partial charge in [-0.2, -0.15) is 13.1 Å². The third-order valence-corrected chi connectivity index (χ3v) is 3.32. The second kappa shape index (κ2) is 6.00. The number of nitrogens with one attached hydrogen (secondary N) is 2. The summed E-state index contributed by atoms with van der Waals surface area (Å²) in [6.07, 6.45) is 0.789. The third-order valence-electron chi connectivity index (χ3n) is 2.03. The molecular weight excluding hydrogens is 238 g/mol. The summed E-state index contributed by atoms with van der Waals surface area (Å²) in [5.41, 5.74) is 7.06. The summed E-state index contributed by atoms with van der Waals surface area (Å²) in [5, 5.41) is 0. The summed E-state index contributed by atoms with van der Waals surface area (Å²) in [6.45, 7) is 4.12. The maximum absolute atomic E-state index is 11.6. The van der Waals surface area contributed by atoms with Gasteiger partial charge >= 0.3 is 0 Å². The van der Waals surface area contributed by atoms with E-state index >= 15 is 0 Å². The molecule has 0 aliphatic heterocycles. The molecule has 1 aromatic rings. The quantitative estimate of drug-likeness (QED) is 0.706. The van der Waals surface area contributed by atoms with Crippen LogP contribution in [0, 0.1) is 0 Å². The fourth-order valence-corrected chi connectivity index (χ4v) is 2.53. The maximum Gasteiger partial charge on any atom is 0.299 e. The molecule has 0 bridgehead atoms. The second-order valence-corrected chi connectivity index (χ2v) is 5.56. The molecule has 0 amide bonds. The third kappa shape index (κ3) is 5.16. The first-order valence-electron chi connectivity index (χ1n) is 5.52. The van der Waals surface area contributed by atoms with Crippen molar-refractivity contribution in [3.63, 3.8) is 0 Å². The lowest BCUT2D eigenvalue weighted by Crippen LogP contribution is -2.35. The Hall–Kier alpha value is -1.11. The van der Waals surface area contributed by atoms with Gasteiger partial charge in [-0.05, 0) is 44.5 Å². The van der Waals surface area contributed by atoms with E-state index in [1.54, 1.807) is 26.0 Å². The molecule has 17 heavy (non-hydrogen) atoms. The Bertz CT molecular complexity index is 440. The van der Waals surface area contributed by atoms with E-state index < -0.39 is 10.2 Å². The summed E-state index contributed by atoms with van der Waals surface area (Å²) < 4.78 is 28.1. The normalized spacial score (nSPS) is 11.8. The van der Waals surface area contributed by atoms with Gasteiger partial charge < -0.3 is 5.73 Å². The summed E-state index contributed by atoms with van der Waals surface area (Å²) in [6, 6.07) is 7.04. The number of nitrogens with two attached hydrogens (primary N) is 1. The van der Waals surface area contributed by atoms with Gasteiger partial charge in [0.2, 0.25) is 0 Å². The van der Waals surface area contributed by atoms with E-state index in [0.29, 0.717) is 12.2 Å². The lowest BCUT2D eigenvalue weighted by Gasteiger charge is -2.11. The van der Waals surface area contributed by atoms with Crippen LogP contribution in [0.15, 0.2) is 24.3 Å². The average molecular weight is 257 g/mol. The molecule has 4 N–H and O–H groups in total. The van der Waals surface area contributed by atoms with E-state index in [1.165, 1.54) is 0 Å². The van der Waals surface area contributed by atoms with Crippen molar-refractivity contribution in [2.24, 2.45) is 5.73 Å². The molecule has 0 saturated carbocycles. The highest BCUT2D eigenvalue weighted by atomic mass is 32.2. The predicted molar refractivity (Wildman–Crippen MR) is 70.0 cm³/mol. The van der Waals surface area contributed by atoms with Crippen LogP contribution in [0.5, 0.6) is 0 Å². The van der Waals surface area contributed by atoms with Crippen molar-refractivity contribution >= 4 is 15.9 Å². The SMILES string of the molecule is CC(C)NS(=O)(=O)Nc1ccc(CCN)cc1. The Labute approximate surface area is 103 Å². The van der Waals surface area contributed by atoms with Gasteiger partial charge in [0.25, 0.3) is 10.2 Å².